The van der Waals surface area contributed by atoms with E-state index in [9.17, 15) is 4.79 Å². The SMILES string of the molecule is CCNc1cc(NC(C)C(=O)OC)ncn1. The Bertz CT molecular complexity index is 356. The van der Waals surface area contributed by atoms with Gasteiger partial charge in [0.2, 0.25) is 0 Å². The van der Waals surface area contributed by atoms with Crippen LogP contribution in [0.15, 0.2) is 12.4 Å². The van der Waals surface area contributed by atoms with Gasteiger partial charge in [-0.25, -0.2) is 14.8 Å². The van der Waals surface area contributed by atoms with Crippen molar-refractivity contribution >= 4 is 17.6 Å². The lowest BCUT2D eigenvalue weighted by molar-refractivity contribution is -0.141. The molecule has 0 fully saturated rings. The summed E-state index contributed by atoms with van der Waals surface area (Å²) in [5, 5.41) is 5.98. The third kappa shape index (κ3) is 3.38. The Balaban J connectivity index is 2.66. The molecule has 0 spiro atoms. The standard InChI is InChI=1S/C10H16N4O2/c1-4-11-8-5-9(13-6-12-8)14-7(2)10(15)16-3/h5-7H,4H2,1-3H3,(H2,11,12,13,14). The molecule has 16 heavy (non-hydrogen) atoms. The molecule has 2 N–H and O–H groups in total. The number of carbonyl (C=O) groups excluding carboxylic acids is 1. The van der Waals surface area contributed by atoms with Gasteiger partial charge in [-0.2, -0.15) is 0 Å². The van der Waals surface area contributed by atoms with Crippen LogP contribution in [0.4, 0.5) is 11.6 Å². The number of hydrogen-bond donors (Lipinski definition) is 2. The van der Waals surface area contributed by atoms with E-state index in [2.05, 4.69) is 25.3 Å². The van der Waals surface area contributed by atoms with Crippen LogP contribution < -0.4 is 10.6 Å². The predicted molar refractivity (Wildman–Crippen MR) is 61.3 cm³/mol. The first-order chi connectivity index (χ1) is 7.67. The molecule has 0 radical (unpaired) electrons. The number of nitrogens with one attached hydrogen (secondary N) is 2. The van der Waals surface area contributed by atoms with Crippen LogP contribution in [-0.4, -0.2) is 35.6 Å². The Morgan fingerprint density at radius 1 is 1.50 bits per heavy atom. The van der Waals surface area contributed by atoms with Crippen molar-refractivity contribution in [3.8, 4) is 0 Å². The van der Waals surface area contributed by atoms with Crippen molar-refractivity contribution in [3.05, 3.63) is 12.4 Å². The molecule has 0 aliphatic rings. The van der Waals surface area contributed by atoms with Gasteiger partial charge in [0.25, 0.3) is 0 Å². The van der Waals surface area contributed by atoms with Crippen molar-refractivity contribution in [3.63, 3.8) is 0 Å². The average molecular weight is 224 g/mol. The molecule has 1 atom stereocenters. The first-order valence-corrected chi connectivity index (χ1v) is 5.07. The van der Waals surface area contributed by atoms with Gasteiger partial charge in [-0.15, -0.1) is 0 Å². The zero-order chi connectivity index (χ0) is 12.0. The Morgan fingerprint density at radius 2 is 2.19 bits per heavy atom. The molecule has 1 rings (SSSR count). The lowest BCUT2D eigenvalue weighted by atomic mass is 10.3. The maximum atomic E-state index is 11.2. The minimum atomic E-state index is -0.436. The monoisotopic (exact) mass is 224 g/mol. The number of ether oxygens (including phenoxy) is 1. The molecule has 6 nitrogen and oxygen atoms in total. The molecule has 0 aliphatic carbocycles. The van der Waals surface area contributed by atoms with Gasteiger partial charge in [0.15, 0.2) is 0 Å². The van der Waals surface area contributed by atoms with Crippen LogP contribution in [0.2, 0.25) is 0 Å². The second-order valence-corrected chi connectivity index (χ2v) is 3.21. The topological polar surface area (TPSA) is 76.1 Å². The van der Waals surface area contributed by atoms with Crippen molar-refractivity contribution in [2.75, 3.05) is 24.3 Å². The number of nitrogens with zero attached hydrogens (tertiary/aromatic N) is 2. The summed E-state index contributed by atoms with van der Waals surface area (Å²) in [6.07, 6.45) is 1.43. The first kappa shape index (κ1) is 12.2. The highest BCUT2D eigenvalue weighted by Gasteiger charge is 2.13. The number of anilines is 2. The van der Waals surface area contributed by atoms with Gasteiger partial charge in [-0.05, 0) is 13.8 Å². The Morgan fingerprint density at radius 3 is 2.81 bits per heavy atom. The van der Waals surface area contributed by atoms with E-state index < -0.39 is 6.04 Å². The van der Waals surface area contributed by atoms with Gasteiger partial charge in [0.1, 0.15) is 24.0 Å². The lowest BCUT2D eigenvalue weighted by Crippen LogP contribution is -2.27. The zero-order valence-electron chi connectivity index (χ0n) is 9.65. The smallest absolute Gasteiger partial charge is 0.328 e. The second-order valence-electron chi connectivity index (χ2n) is 3.21. The fourth-order valence-corrected chi connectivity index (χ4v) is 1.17. The molecule has 0 aromatic carbocycles. The van der Waals surface area contributed by atoms with Crippen LogP contribution in [0, 0.1) is 0 Å². The summed E-state index contributed by atoms with van der Waals surface area (Å²) in [4.78, 5) is 19.2. The van der Waals surface area contributed by atoms with Gasteiger partial charge in [0.05, 0.1) is 7.11 Å². The normalized spacial score (nSPS) is 11.7. The van der Waals surface area contributed by atoms with E-state index in [1.807, 2.05) is 6.92 Å². The fourth-order valence-electron chi connectivity index (χ4n) is 1.17. The molecule has 1 aromatic rings. The summed E-state index contributed by atoms with van der Waals surface area (Å²) in [6, 6.07) is 1.30. The van der Waals surface area contributed by atoms with E-state index in [1.54, 1.807) is 13.0 Å². The number of methoxy groups -OCH3 is 1. The molecule has 0 bridgehead atoms. The summed E-state index contributed by atoms with van der Waals surface area (Å²) in [5.74, 6) is 0.976. The first-order valence-electron chi connectivity index (χ1n) is 5.07. The minimum absolute atomic E-state index is 0.330. The van der Waals surface area contributed by atoms with Gasteiger partial charge in [0, 0.05) is 12.6 Å². The Hall–Kier alpha value is -1.85. The number of carbonyl (C=O) groups is 1. The highest BCUT2D eigenvalue weighted by molar-refractivity contribution is 5.78. The summed E-state index contributed by atoms with van der Waals surface area (Å²) < 4.78 is 4.60. The molecule has 1 unspecified atom stereocenters. The van der Waals surface area contributed by atoms with Crippen LogP contribution in [0.3, 0.4) is 0 Å². The predicted octanol–water partition coefficient (Wildman–Crippen LogP) is 0.882. The zero-order valence-corrected chi connectivity index (χ0v) is 9.65. The minimum Gasteiger partial charge on any atom is -0.467 e. The molecular formula is C10H16N4O2. The molecule has 0 aliphatic heterocycles. The largest absolute Gasteiger partial charge is 0.467 e. The molecular weight excluding hydrogens is 208 g/mol. The molecule has 6 heteroatoms. The number of esters is 1. The van der Waals surface area contributed by atoms with E-state index in [0.717, 1.165) is 12.4 Å². The van der Waals surface area contributed by atoms with Crippen LogP contribution in [0.1, 0.15) is 13.8 Å². The van der Waals surface area contributed by atoms with E-state index >= 15 is 0 Å². The van der Waals surface area contributed by atoms with Crippen LogP contribution in [0.25, 0.3) is 0 Å². The lowest BCUT2D eigenvalue weighted by Gasteiger charge is -2.12. The van der Waals surface area contributed by atoms with Crippen molar-refractivity contribution in [2.24, 2.45) is 0 Å². The van der Waals surface area contributed by atoms with E-state index in [0.29, 0.717) is 5.82 Å². The number of hydrogen-bond acceptors (Lipinski definition) is 6. The van der Waals surface area contributed by atoms with Crippen molar-refractivity contribution < 1.29 is 9.53 Å². The van der Waals surface area contributed by atoms with E-state index in [4.69, 9.17) is 0 Å². The third-order valence-electron chi connectivity index (χ3n) is 1.94. The van der Waals surface area contributed by atoms with Crippen LogP contribution in [0.5, 0.6) is 0 Å². The maximum absolute atomic E-state index is 11.2. The summed E-state index contributed by atoms with van der Waals surface area (Å²) in [5.41, 5.74) is 0. The quantitative estimate of drug-likeness (QED) is 0.723. The third-order valence-corrected chi connectivity index (χ3v) is 1.94. The number of rotatable bonds is 5. The Labute approximate surface area is 94.4 Å². The molecule has 0 saturated carbocycles. The van der Waals surface area contributed by atoms with Gasteiger partial charge in [-0.3, -0.25) is 0 Å². The van der Waals surface area contributed by atoms with Gasteiger partial charge in [-0.1, -0.05) is 0 Å². The Kier molecular flexibility index (Phi) is 4.50. The van der Waals surface area contributed by atoms with E-state index in [1.165, 1.54) is 13.4 Å². The molecule has 1 aromatic heterocycles. The maximum Gasteiger partial charge on any atom is 0.328 e. The highest BCUT2D eigenvalue weighted by atomic mass is 16.5. The van der Waals surface area contributed by atoms with Crippen molar-refractivity contribution in [1.82, 2.24) is 9.97 Å². The summed E-state index contributed by atoms with van der Waals surface area (Å²) in [7, 11) is 1.35. The van der Waals surface area contributed by atoms with Crippen molar-refractivity contribution in [1.29, 1.82) is 0 Å². The summed E-state index contributed by atoms with van der Waals surface area (Å²) >= 11 is 0. The van der Waals surface area contributed by atoms with Gasteiger partial charge < -0.3 is 15.4 Å². The molecule has 0 saturated heterocycles. The molecule has 88 valence electrons. The second kappa shape index (κ2) is 5.89. The average Bonchev–Trinajstić information content (AvgIpc) is 2.29. The van der Waals surface area contributed by atoms with Crippen LogP contribution in [-0.2, 0) is 9.53 Å². The fraction of sp³-hybridized carbons (Fsp3) is 0.500. The molecule has 0 amide bonds. The number of aromatic nitrogens is 2. The van der Waals surface area contributed by atoms with E-state index in [-0.39, 0.29) is 5.97 Å². The summed E-state index contributed by atoms with van der Waals surface area (Å²) in [6.45, 7) is 4.47. The van der Waals surface area contributed by atoms with Crippen molar-refractivity contribution in [2.45, 2.75) is 19.9 Å². The van der Waals surface area contributed by atoms with Crippen LogP contribution >= 0.6 is 0 Å². The molecule has 1 heterocycles. The highest BCUT2D eigenvalue weighted by Crippen LogP contribution is 2.09. The van der Waals surface area contributed by atoms with Gasteiger partial charge >= 0.3 is 5.97 Å².